The zero-order valence-corrected chi connectivity index (χ0v) is 8.96. The second kappa shape index (κ2) is 3.98. The number of amides is 1. The van der Waals surface area contributed by atoms with Crippen LogP contribution >= 0.6 is 0 Å². The Morgan fingerprint density at radius 3 is 2.43 bits per heavy atom. The lowest BCUT2D eigenvalue weighted by Gasteiger charge is -2.30. The molecule has 2 rings (SSSR count). The number of carbonyl (C=O) groups excluding carboxylic acids is 1. The molecule has 1 amide bonds. The summed E-state index contributed by atoms with van der Waals surface area (Å²) in [7, 11) is -0.650. The monoisotopic (exact) mass is 216 g/mol. The van der Waals surface area contributed by atoms with E-state index in [-0.39, 0.29) is 11.9 Å². The van der Waals surface area contributed by atoms with Crippen LogP contribution in [0, 0.1) is 0 Å². The average molecular weight is 216 g/mol. The van der Waals surface area contributed by atoms with Crippen molar-refractivity contribution in [1.82, 2.24) is 4.90 Å². The molecule has 0 aromatic rings. The van der Waals surface area contributed by atoms with Crippen LogP contribution in [0.4, 0.5) is 0 Å². The highest BCUT2D eigenvalue weighted by Crippen LogP contribution is 2.21. The molecule has 14 heavy (non-hydrogen) atoms. The zero-order chi connectivity index (χ0) is 10.1. The minimum Gasteiger partial charge on any atom is -0.338 e. The number of hydrogen-bond donors (Lipinski definition) is 1. The van der Waals surface area contributed by atoms with E-state index >= 15 is 0 Å². The summed E-state index contributed by atoms with van der Waals surface area (Å²) in [5.41, 5.74) is 5.65. The van der Waals surface area contributed by atoms with Gasteiger partial charge in [-0.3, -0.25) is 9.00 Å². The van der Waals surface area contributed by atoms with E-state index in [1.807, 2.05) is 4.90 Å². The van der Waals surface area contributed by atoms with Gasteiger partial charge in [0, 0.05) is 34.9 Å². The second-order valence-corrected chi connectivity index (χ2v) is 5.70. The summed E-state index contributed by atoms with van der Waals surface area (Å²) in [6.45, 7) is 0.789. The Bertz CT molecular complexity index is 260. The molecule has 2 saturated heterocycles. The Morgan fingerprint density at radius 2 is 1.93 bits per heavy atom. The first kappa shape index (κ1) is 10.1. The van der Waals surface area contributed by atoms with Crippen molar-refractivity contribution < 1.29 is 9.00 Å². The van der Waals surface area contributed by atoms with Gasteiger partial charge in [0.15, 0.2) is 0 Å². The van der Waals surface area contributed by atoms with Crippen LogP contribution in [-0.4, -0.2) is 45.2 Å². The van der Waals surface area contributed by atoms with Gasteiger partial charge >= 0.3 is 0 Å². The third-order valence-electron chi connectivity index (χ3n) is 3.08. The van der Waals surface area contributed by atoms with E-state index in [0.717, 1.165) is 37.3 Å². The lowest BCUT2D eigenvalue weighted by Crippen LogP contribution is -2.43. The first-order valence-electron chi connectivity index (χ1n) is 5.09. The van der Waals surface area contributed by atoms with Crippen molar-refractivity contribution >= 4 is 16.7 Å². The molecule has 4 nitrogen and oxygen atoms in total. The lowest BCUT2D eigenvalue weighted by atomic mass is 10.1. The summed E-state index contributed by atoms with van der Waals surface area (Å²) in [4.78, 5) is 13.5. The molecular formula is C9H16N2O2S. The Morgan fingerprint density at radius 1 is 1.29 bits per heavy atom. The van der Waals surface area contributed by atoms with Crippen LogP contribution in [-0.2, 0) is 15.6 Å². The van der Waals surface area contributed by atoms with Crippen molar-refractivity contribution in [2.24, 2.45) is 5.73 Å². The Balaban J connectivity index is 1.96. The fourth-order valence-corrected chi connectivity index (χ4v) is 3.45. The average Bonchev–Trinajstić information content (AvgIpc) is 2.50. The smallest absolute Gasteiger partial charge is 0.239 e. The van der Waals surface area contributed by atoms with E-state index in [4.69, 9.17) is 5.73 Å². The maximum absolute atomic E-state index is 11.6. The van der Waals surface area contributed by atoms with Crippen molar-refractivity contribution in [1.29, 1.82) is 0 Å². The third kappa shape index (κ3) is 1.83. The summed E-state index contributed by atoms with van der Waals surface area (Å²) < 4.78 is 11.2. The quantitative estimate of drug-likeness (QED) is 0.640. The predicted octanol–water partition coefficient (Wildman–Crippen LogP) is -0.543. The number of nitrogens with two attached hydrogens (primary N) is 1. The summed E-state index contributed by atoms with van der Waals surface area (Å²) in [6.07, 6.45) is 2.54. The number of hydrogen-bond acceptors (Lipinski definition) is 3. The molecule has 5 heteroatoms. The number of carbonyl (C=O) groups is 1. The molecule has 0 aromatic carbocycles. The van der Waals surface area contributed by atoms with E-state index in [1.54, 1.807) is 0 Å². The molecule has 0 aliphatic carbocycles. The lowest BCUT2D eigenvalue weighted by molar-refractivity contribution is -0.130. The van der Waals surface area contributed by atoms with Crippen LogP contribution in [0.1, 0.15) is 19.3 Å². The molecule has 1 unspecified atom stereocenters. The zero-order valence-electron chi connectivity index (χ0n) is 8.15. The molecule has 2 fully saturated rings. The molecule has 2 aliphatic heterocycles. The molecule has 2 heterocycles. The van der Waals surface area contributed by atoms with Crippen molar-refractivity contribution in [2.75, 3.05) is 18.1 Å². The van der Waals surface area contributed by atoms with Gasteiger partial charge in [0.2, 0.25) is 5.91 Å². The topological polar surface area (TPSA) is 63.4 Å². The normalized spacial score (nSPS) is 39.1. The number of likely N-dealkylation sites (tertiary alicyclic amines) is 1. The fraction of sp³-hybridized carbons (Fsp3) is 0.889. The van der Waals surface area contributed by atoms with E-state index < -0.39 is 10.8 Å². The molecule has 0 spiro atoms. The second-order valence-electron chi connectivity index (χ2n) is 4.01. The number of nitrogens with zero attached hydrogens (tertiary/aromatic N) is 1. The summed E-state index contributed by atoms with van der Waals surface area (Å²) in [5, 5.41) is 0. The molecule has 0 saturated carbocycles. The van der Waals surface area contributed by atoms with Crippen LogP contribution in [0.3, 0.4) is 0 Å². The minimum absolute atomic E-state index is 0.0858. The Labute approximate surface area is 86.3 Å². The summed E-state index contributed by atoms with van der Waals surface area (Å²) in [6, 6.07) is 0.0103. The summed E-state index contributed by atoms with van der Waals surface area (Å²) in [5.74, 6) is 1.57. The molecule has 0 radical (unpaired) electrons. The van der Waals surface area contributed by atoms with Crippen LogP contribution in [0.5, 0.6) is 0 Å². The van der Waals surface area contributed by atoms with Crippen molar-refractivity contribution in [3.8, 4) is 0 Å². The van der Waals surface area contributed by atoms with Crippen LogP contribution < -0.4 is 5.73 Å². The first-order valence-corrected chi connectivity index (χ1v) is 6.58. The standard InChI is InChI=1S/C9H16N2O2S/c10-8-1-4-11(9(8)12)7-2-5-14(13)6-3-7/h7-8H,1-6,10H2. The van der Waals surface area contributed by atoms with Gasteiger partial charge < -0.3 is 10.6 Å². The Kier molecular flexibility index (Phi) is 2.88. The van der Waals surface area contributed by atoms with Crippen LogP contribution in [0.2, 0.25) is 0 Å². The van der Waals surface area contributed by atoms with E-state index in [1.165, 1.54) is 0 Å². The summed E-state index contributed by atoms with van der Waals surface area (Å²) >= 11 is 0. The SMILES string of the molecule is NC1CCN(C2CCS(=O)CC2)C1=O. The predicted molar refractivity (Wildman–Crippen MR) is 55.2 cm³/mol. The van der Waals surface area contributed by atoms with Gasteiger partial charge in [0.1, 0.15) is 0 Å². The van der Waals surface area contributed by atoms with Crippen molar-refractivity contribution in [2.45, 2.75) is 31.3 Å². The maximum atomic E-state index is 11.6. The van der Waals surface area contributed by atoms with Crippen molar-refractivity contribution in [3.05, 3.63) is 0 Å². The van der Waals surface area contributed by atoms with E-state index in [0.29, 0.717) is 6.04 Å². The van der Waals surface area contributed by atoms with Gasteiger partial charge in [0.05, 0.1) is 6.04 Å². The number of rotatable bonds is 1. The fourth-order valence-electron chi connectivity index (χ4n) is 2.18. The van der Waals surface area contributed by atoms with Gasteiger partial charge in [-0.05, 0) is 19.3 Å². The molecular weight excluding hydrogens is 200 g/mol. The molecule has 1 atom stereocenters. The highest BCUT2D eigenvalue weighted by Gasteiger charge is 2.34. The molecule has 0 bridgehead atoms. The van der Waals surface area contributed by atoms with E-state index in [2.05, 4.69) is 0 Å². The van der Waals surface area contributed by atoms with Gasteiger partial charge in [-0.2, -0.15) is 0 Å². The molecule has 80 valence electrons. The van der Waals surface area contributed by atoms with Gasteiger partial charge in [0.25, 0.3) is 0 Å². The molecule has 2 N–H and O–H groups in total. The third-order valence-corrected chi connectivity index (χ3v) is 4.46. The van der Waals surface area contributed by atoms with Gasteiger partial charge in [-0.25, -0.2) is 0 Å². The van der Waals surface area contributed by atoms with E-state index in [9.17, 15) is 9.00 Å². The largest absolute Gasteiger partial charge is 0.338 e. The highest BCUT2D eigenvalue weighted by atomic mass is 32.2. The van der Waals surface area contributed by atoms with Crippen LogP contribution in [0.25, 0.3) is 0 Å². The highest BCUT2D eigenvalue weighted by molar-refractivity contribution is 7.85. The van der Waals surface area contributed by atoms with Gasteiger partial charge in [-0.1, -0.05) is 0 Å². The minimum atomic E-state index is -0.650. The Hall–Kier alpha value is -0.420. The van der Waals surface area contributed by atoms with Gasteiger partial charge in [-0.15, -0.1) is 0 Å². The first-order chi connectivity index (χ1) is 6.68. The molecule has 2 aliphatic rings. The van der Waals surface area contributed by atoms with Crippen molar-refractivity contribution in [3.63, 3.8) is 0 Å². The van der Waals surface area contributed by atoms with Crippen LogP contribution in [0.15, 0.2) is 0 Å². The molecule has 0 aromatic heterocycles. The maximum Gasteiger partial charge on any atom is 0.239 e.